The number of pyridine rings is 1. The number of amides is 1. The van der Waals surface area contributed by atoms with Crippen molar-refractivity contribution in [3.63, 3.8) is 0 Å². The third kappa shape index (κ3) is 2.95. The van der Waals surface area contributed by atoms with Crippen LogP contribution in [0.4, 0.5) is 5.82 Å². The van der Waals surface area contributed by atoms with E-state index in [2.05, 4.69) is 15.0 Å². The van der Waals surface area contributed by atoms with Gasteiger partial charge in [-0.3, -0.25) is 23.6 Å². The number of piperazine rings is 1. The van der Waals surface area contributed by atoms with Gasteiger partial charge in [-0.2, -0.15) is 0 Å². The Labute approximate surface area is 142 Å². The average molecular weight is 344 g/mol. The molecular formula is C16H16N4O5. The van der Waals surface area contributed by atoms with Crippen molar-refractivity contribution in [1.82, 2.24) is 14.7 Å². The molecule has 3 heterocycles. The summed E-state index contributed by atoms with van der Waals surface area (Å²) in [4.78, 5) is 53.8. The van der Waals surface area contributed by atoms with Crippen LogP contribution in [0.1, 0.15) is 16.8 Å². The molecule has 1 aliphatic heterocycles. The van der Waals surface area contributed by atoms with Gasteiger partial charge in [-0.1, -0.05) is 6.07 Å². The van der Waals surface area contributed by atoms with E-state index < -0.39 is 17.6 Å². The Morgan fingerprint density at radius 3 is 2.96 bits per heavy atom. The molecule has 0 spiro atoms. The van der Waals surface area contributed by atoms with Crippen LogP contribution >= 0.6 is 0 Å². The molecule has 25 heavy (non-hydrogen) atoms. The number of aldehydes is 1. The van der Waals surface area contributed by atoms with Crippen LogP contribution in [-0.2, 0) is 14.3 Å². The zero-order valence-corrected chi connectivity index (χ0v) is 13.5. The number of rotatable bonds is 4. The maximum absolute atomic E-state index is 12.6. The summed E-state index contributed by atoms with van der Waals surface area (Å²) in [7, 11) is 1.23. The molecule has 9 nitrogen and oxygen atoms in total. The van der Waals surface area contributed by atoms with Gasteiger partial charge >= 0.3 is 5.97 Å². The highest BCUT2D eigenvalue weighted by Gasteiger charge is 2.34. The fourth-order valence-corrected chi connectivity index (χ4v) is 2.83. The van der Waals surface area contributed by atoms with E-state index in [0.29, 0.717) is 25.0 Å². The van der Waals surface area contributed by atoms with Gasteiger partial charge in [0.2, 0.25) is 5.91 Å². The summed E-state index contributed by atoms with van der Waals surface area (Å²) < 4.78 is 5.89. The predicted octanol–water partition coefficient (Wildman–Crippen LogP) is -0.625. The second kappa shape index (κ2) is 6.71. The van der Waals surface area contributed by atoms with E-state index in [0.717, 1.165) is 0 Å². The lowest BCUT2D eigenvalue weighted by Crippen LogP contribution is -2.57. The third-order valence-corrected chi connectivity index (χ3v) is 4.06. The number of aromatic nitrogens is 2. The zero-order chi connectivity index (χ0) is 18.0. The van der Waals surface area contributed by atoms with Crippen LogP contribution in [0.5, 0.6) is 0 Å². The van der Waals surface area contributed by atoms with Crippen molar-refractivity contribution in [3.8, 4) is 0 Å². The standard InChI is InChI=1S/C16H16N4O5/c1-25-13(22)8-11-15(23)17-5-7-19(11)14-10(9-21)16(24)20-6-3-2-4-12(20)18-14/h2-4,6,9,11H,5,7-8H2,1H3,(H,17,23)/t11-/m0/s1. The number of hydrogen-bond acceptors (Lipinski definition) is 7. The normalized spacial score (nSPS) is 17.2. The predicted molar refractivity (Wildman–Crippen MR) is 87.6 cm³/mol. The van der Waals surface area contributed by atoms with Crippen LogP contribution in [0.25, 0.3) is 5.65 Å². The fraction of sp³-hybridized carbons (Fsp3) is 0.312. The quantitative estimate of drug-likeness (QED) is 0.581. The van der Waals surface area contributed by atoms with Crippen LogP contribution in [0.2, 0.25) is 0 Å². The molecule has 2 aromatic rings. The molecule has 1 aliphatic rings. The van der Waals surface area contributed by atoms with Crippen molar-refractivity contribution in [2.75, 3.05) is 25.1 Å². The molecule has 9 heteroatoms. The van der Waals surface area contributed by atoms with Crippen molar-refractivity contribution in [3.05, 3.63) is 40.3 Å². The number of anilines is 1. The highest BCUT2D eigenvalue weighted by atomic mass is 16.5. The second-order valence-electron chi connectivity index (χ2n) is 5.48. The Morgan fingerprint density at radius 2 is 2.24 bits per heavy atom. The molecular weight excluding hydrogens is 328 g/mol. The summed E-state index contributed by atoms with van der Waals surface area (Å²) in [6, 6.07) is 4.08. The van der Waals surface area contributed by atoms with Crippen LogP contribution < -0.4 is 15.8 Å². The lowest BCUT2D eigenvalue weighted by Gasteiger charge is -2.35. The number of nitrogens with zero attached hydrogens (tertiary/aromatic N) is 3. The summed E-state index contributed by atoms with van der Waals surface area (Å²) in [5.41, 5.74) is -0.345. The molecule has 3 rings (SSSR count). The van der Waals surface area contributed by atoms with Gasteiger partial charge in [0.05, 0.1) is 13.5 Å². The Hall–Kier alpha value is -3.23. The van der Waals surface area contributed by atoms with Gasteiger partial charge in [0, 0.05) is 19.3 Å². The number of carbonyl (C=O) groups excluding carboxylic acids is 3. The van der Waals surface area contributed by atoms with E-state index in [9.17, 15) is 19.2 Å². The minimum Gasteiger partial charge on any atom is -0.469 e. The maximum Gasteiger partial charge on any atom is 0.308 e. The van der Waals surface area contributed by atoms with E-state index in [1.54, 1.807) is 18.2 Å². The minimum atomic E-state index is -0.905. The lowest BCUT2D eigenvalue weighted by atomic mass is 10.1. The molecule has 0 unspecified atom stereocenters. The molecule has 0 aromatic carbocycles. The summed E-state index contributed by atoms with van der Waals surface area (Å²) in [6.07, 6.45) is 1.72. The monoisotopic (exact) mass is 344 g/mol. The van der Waals surface area contributed by atoms with E-state index in [1.807, 2.05) is 0 Å². The molecule has 2 aromatic heterocycles. The SMILES string of the molecule is COC(=O)C[C@H]1C(=O)NCCN1c1nc2ccccn2c(=O)c1C=O. The summed E-state index contributed by atoms with van der Waals surface area (Å²) in [6.45, 7) is 0.619. The lowest BCUT2D eigenvalue weighted by molar-refractivity contribution is -0.143. The highest BCUT2D eigenvalue weighted by molar-refractivity contribution is 5.92. The Bertz CT molecular complexity index is 907. The van der Waals surface area contributed by atoms with E-state index in [-0.39, 0.29) is 23.7 Å². The molecule has 0 aliphatic carbocycles. The first-order chi connectivity index (χ1) is 12.1. The van der Waals surface area contributed by atoms with Gasteiger partial charge < -0.3 is 15.0 Å². The average Bonchev–Trinajstić information content (AvgIpc) is 2.63. The van der Waals surface area contributed by atoms with Crippen molar-refractivity contribution in [2.45, 2.75) is 12.5 Å². The maximum atomic E-state index is 12.6. The molecule has 1 amide bonds. The van der Waals surface area contributed by atoms with Gasteiger partial charge in [-0.25, -0.2) is 4.98 Å². The fourth-order valence-electron chi connectivity index (χ4n) is 2.83. The number of fused-ring (bicyclic) bond motifs is 1. The van der Waals surface area contributed by atoms with Gasteiger partial charge in [0.1, 0.15) is 23.1 Å². The first-order valence-corrected chi connectivity index (χ1v) is 7.64. The highest BCUT2D eigenvalue weighted by Crippen LogP contribution is 2.21. The first-order valence-electron chi connectivity index (χ1n) is 7.64. The topological polar surface area (TPSA) is 110 Å². The Morgan fingerprint density at radius 1 is 1.44 bits per heavy atom. The van der Waals surface area contributed by atoms with Gasteiger partial charge in [0.25, 0.3) is 5.56 Å². The molecule has 0 saturated carbocycles. The second-order valence-corrected chi connectivity index (χ2v) is 5.48. The van der Waals surface area contributed by atoms with E-state index in [4.69, 9.17) is 0 Å². The van der Waals surface area contributed by atoms with Crippen molar-refractivity contribution in [2.24, 2.45) is 0 Å². The van der Waals surface area contributed by atoms with Crippen LogP contribution in [0.3, 0.4) is 0 Å². The molecule has 1 N–H and O–H groups in total. The number of hydrogen-bond donors (Lipinski definition) is 1. The van der Waals surface area contributed by atoms with Crippen LogP contribution in [0.15, 0.2) is 29.2 Å². The molecule has 0 radical (unpaired) electrons. The largest absolute Gasteiger partial charge is 0.469 e. The van der Waals surface area contributed by atoms with Crippen LogP contribution in [-0.4, -0.2) is 53.8 Å². The smallest absolute Gasteiger partial charge is 0.308 e. The first kappa shape index (κ1) is 16.6. The Balaban J connectivity index is 2.15. The molecule has 1 saturated heterocycles. The van der Waals surface area contributed by atoms with E-state index >= 15 is 0 Å². The Kier molecular flexibility index (Phi) is 4.46. The molecule has 130 valence electrons. The molecule has 1 atom stereocenters. The van der Waals surface area contributed by atoms with Crippen molar-refractivity contribution >= 4 is 29.6 Å². The number of methoxy groups -OCH3 is 1. The molecule has 0 bridgehead atoms. The van der Waals surface area contributed by atoms with Crippen molar-refractivity contribution in [1.29, 1.82) is 0 Å². The number of carbonyl (C=O) groups is 3. The zero-order valence-electron chi connectivity index (χ0n) is 13.5. The van der Waals surface area contributed by atoms with Crippen molar-refractivity contribution < 1.29 is 19.1 Å². The molecule has 1 fully saturated rings. The number of esters is 1. The van der Waals surface area contributed by atoms with E-state index in [1.165, 1.54) is 22.6 Å². The number of ether oxygens (including phenoxy) is 1. The third-order valence-electron chi connectivity index (χ3n) is 4.06. The van der Waals surface area contributed by atoms with Gasteiger partial charge in [-0.15, -0.1) is 0 Å². The van der Waals surface area contributed by atoms with Crippen LogP contribution in [0, 0.1) is 0 Å². The number of nitrogens with one attached hydrogen (secondary N) is 1. The summed E-state index contributed by atoms with van der Waals surface area (Å²) in [5.74, 6) is -0.865. The minimum absolute atomic E-state index is 0.0925. The van der Waals surface area contributed by atoms with Gasteiger partial charge in [0.15, 0.2) is 6.29 Å². The summed E-state index contributed by atoms with van der Waals surface area (Å²) >= 11 is 0. The van der Waals surface area contributed by atoms with Gasteiger partial charge in [-0.05, 0) is 12.1 Å². The summed E-state index contributed by atoms with van der Waals surface area (Å²) in [5, 5.41) is 2.66.